The molecule has 0 saturated carbocycles. The van der Waals surface area contributed by atoms with Gasteiger partial charge < -0.3 is 9.72 Å². The van der Waals surface area contributed by atoms with Crippen LogP contribution in [0.3, 0.4) is 0 Å². The molecule has 0 amide bonds. The number of halogens is 3. The number of carbonyl (C=O) groups excluding carboxylic acids is 1. The molecule has 19 heavy (non-hydrogen) atoms. The predicted molar refractivity (Wildman–Crippen MR) is 64.1 cm³/mol. The number of aromatic nitrogens is 1. The summed E-state index contributed by atoms with van der Waals surface area (Å²) in [4.78, 5) is 13.7. The third-order valence-corrected chi connectivity index (χ3v) is 2.85. The quantitative estimate of drug-likeness (QED) is 0.803. The summed E-state index contributed by atoms with van der Waals surface area (Å²) in [5.74, 6) is -0.410. The van der Waals surface area contributed by atoms with Crippen molar-refractivity contribution in [1.82, 2.24) is 4.98 Å². The fraction of sp³-hybridized carbons (Fsp3) is 0.308. The summed E-state index contributed by atoms with van der Waals surface area (Å²) < 4.78 is 43.8. The van der Waals surface area contributed by atoms with E-state index >= 15 is 0 Å². The number of hydrogen-bond acceptors (Lipinski definition) is 2. The molecule has 0 unspecified atom stereocenters. The van der Waals surface area contributed by atoms with Gasteiger partial charge in [0.1, 0.15) is 0 Å². The largest absolute Gasteiger partial charge is 0.424 e. The predicted octanol–water partition coefficient (Wildman–Crippen LogP) is 3.73. The number of ether oxygens (including phenoxy) is 1. The molecule has 1 heterocycles. The average Bonchev–Trinajstić information content (AvgIpc) is 2.54. The smallest absolute Gasteiger partial charge is 0.418 e. The van der Waals surface area contributed by atoms with Gasteiger partial charge in [-0.3, -0.25) is 4.79 Å². The van der Waals surface area contributed by atoms with E-state index in [2.05, 4.69) is 4.98 Å². The van der Waals surface area contributed by atoms with E-state index in [9.17, 15) is 18.0 Å². The van der Waals surface area contributed by atoms with Crippen LogP contribution in [0.5, 0.6) is 5.75 Å². The fourth-order valence-corrected chi connectivity index (χ4v) is 2.07. The van der Waals surface area contributed by atoms with E-state index in [1.807, 2.05) is 0 Å². The molecule has 0 aliphatic rings. The molecule has 0 spiro atoms. The first-order chi connectivity index (χ1) is 8.71. The van der Waals surface area contributed by atoms with E-state index in [0.29, 0.717) is 16.6 Å². The second kappa shape index (κ2) is 4.29. The summed E-state index contributed by atoms with van der Waals surface area (Å²) in [6.45, 7) is 4.45. The van der Waals surface area contributed by atoms with Crippen LogP contribution in [-0.4, -0.2) is 11.0 Å². The first kappa shape index (κ1) is 13.5. The highest BCUT2D eigenvalue weighted by molar-refractivity contribution is 5.94. The molecule has 102 valence electrons. The van der Waals surface area contributed by atoms with Crippen LogP contribution in [-0.2, 0) is 11.0 Å². The highest BCUT2D eigenvalue weighted by Gasteiger charge is 2.34. The highest BCUT2D eigenvalue weighted by atomic mass is 19.4. The first-order valence-electron chi connectivity index (χ1n) is 5.59. The van der Waals surface area contributed by atoms with Crippen molar-refractivity contribution in [3.05, 3.63) is 29.0 Å². The van der Waals surface area contributed by atoms with Gasteiger partial charge in [-0.2, -0.15) is 13.2 Å². The van der Waals surface area contributed by atoms with E-state index in [-0.39, 0.29) is 11.3 Å². The molecular weight excluding hydrogens is 259 g/mol. The van der Waals surface area contributed by atoms with Gasteiger partial charge in [-0.25, -0.2) is 0 Å². The maximum absolute atomic E-state index is 12.9. The van der Waals surface area contributed by atoms with Crippen LogP contribution in [0.25, 0.3) is 10.9 Å². The van der Waals surface area contributed by atoms with E-state index in [1.54, 1.807) is 13.8 Å². The van der Waals surface area contributed by atoms with Gasteiger partial charge in [-0.15, -0.1) is 0 Å². The number of H-pyrrole nitrogens is 1. The molecule has 0 radical (unpaired) electrons. The minimum atomic E-state index is -4.46. The summed E-state index contributed by atoms with van der Waals surface area (Å²) >= 11 is 0. The number of fused-ring (bicyclic) bond motifs is 1. The summed E-state index contributed by atoms with van der Waals surface area (Å²) in [7, 11) is 0. The number of hydrogen-bond donors (Lipinski definition) is 1. The van der Waals surface area contributed by atoms with Crippen LogP contribution in [0.1, 0.15) is 23.7 Å². The molecule has 0 fully saturated rings. The minimum absolute atomic E-state index is 0.0544. The lowest BCUT2D eigenvalue weighted by molar-refractivity contribution is -0.136. The molecule has 6 heteroatoms. The Morgan fingerprint density at radius 2 is 1.89 bits per heavy atom. The third-order valence-electron chi connectivity index (χ3n) is 2.85. The lowest BCUT2D eigenvalue weighted by Gasteiger charge is -2.09. The van der Waals surface area contributed by atoms with Crippen LogP contribution in [0, 0.1) is 13.8 Å². The molecule has 0 aliphatic heterocycles. The molecule has 1 N–H and O–H groups in total. The van der Waals surface area contributed by atoms with Gasteiger partial charge in [0, 0.05) is 12.3 Å². The Balaban J connectivity index is 2.80. The Bertz CT molecular complexity index is 656. The molecule has 2 rings (SSSR count). The zero-order chi connectivity index (χ0) is 14.4. The van der Waals surface area contributed by atoms with Crippen molar-refractivity contribution >= 4 is 16.9 Å². The van der Waals surface area contributed by atoms with Gasteiger partial charge in [-0.05, 0) is 25.5 Å². The van der Waals surface area contributed by atoms with Crippen LogP contribution < -0.4 is 4.74 Å². The molecule has 0 saturated heterocycles. The number of benzene rings is 1. The maximum atomic E-state index is 12.9. The third kappa shape index (κ3) is 2.30. The van der Waals surface area contributed by atoms with Crippen molar-refractivity contribution < 1.29 is 22.7 Å². The number of carbonyl (C=O) groups is 1. The van der Waals surface area contributed by atoms with Crippen molar-refractivity contribution in [3.63, 3.8) is 0 Å². The van der Waals surface area contributed by atoms with E-state index in [1.165, 1.54) is 13.0 Å². The van der Waals surface area contributed by atoms with Crippen LogP contribution in [0.15, 0.2) is 12.1 Å². The van der Waals surface area contributed by atoms with Crippen LogP contribution >= 0.6 is 0 Å². The van der Waals surface area contributed by atoms with Gasteiger partial charge in [0.2, 0.25) is 0 Å². The van der Waals surface area contributed by atoms with Gasteiger partial charge in [0.25, 0.3) is 0 Å². The number of aryl methyl sites for hydroxylation is 2. The number of nitrogens with one attached hydrogen (secondary N) is 1. The SMILES string of the molecule is CC(=O)Oc1c(C)[nH]c2c(C(F)(F)F)ccc(C)c12. The Hall–Kier alpha value is -1.98. The van der Waals surface area contributed by atoms with E-state index < -0.39 is 17.7 Å². The van der Waals surface area contributed by atoms with E-state index in [4.69, 9.17) is 4.74 Å². The van der Waals surface area contributed by atoms with Crippen LogP contribution in [0.4, 0.5) is 13.2 Å². The molecule has 3 nitrogen and oxygen atoms in total. The zero-order valence-electron chi connectivity index (χ0n) is 10.6. The number of aromatic amines is 1. The fourth-order valence-electron chi connectivity index (χ4n) is 2.07. The molecular formula is C13H12F3NO2. The van der Waals surface area contributed by atoms with Gasteiger partial charge in [-0.1, -0.05) is 6.07 Å². The zero-order valence-corrected chi connectivity index (χ0v) is 10.6. The molecule has 0 aliphatic carbocycles. The van der Waals surface area contributed by atoms with E-state index in [0.717, 1.165) is 6.07 Å². The maximum Gasteiger partial charge on any atom is 0.418 e. The Kier molecular flexibility index (Phi) is 3.04. The second-order valence-corrected chi connectivity index (χ2v) is 4.35. The lowest BCUT2D eigenvalue weighted by Crippen LogP contribution is -2.06. The topological polar surface area (TPSA) is 42.1 Å². The van der Waals surface area contributed by atoms with Gasteiger partial charge in [0.05, 0.1) is 16.8 Å². The lowest BCUT2D eigenvalue weighted by atomic mass is 10.1. The summed E-state index contributed by atoms with van der Waals surface area (Å²) in [6.07, 6.45) is -4.46. The van der Waals surface area contributed by atoms with Crippen molar-refractivity contribution in [2.45, 2.75) is 26.9 Å². The summed E-state index contributed by atoms with van der Waals surface area (Å²) in [5, 5.41) is 0.294. The number of rotatable bonds is 1. The normalized spacial score (nSPS) is 11.9. The minimum Gasteiger partial charge on any atom is -0.424 e. The number of esters is 1. The van der Waals surface area contributed by atoms with Gasteiger partial charge in [0.15, 0.2) is 5.75 Å². The standard InChI is InChI=1S/C13H12F3NO2/c1-6-4-5-9(13(14,15)16)11-10(6)12(7(2)17-11)19-8(3)18/h4-5,17H,1-3H3. The van der Waals surface area contributed by atoms with Crippen molar-refractivity contribution in [2.75, 3.05) is 0 Å². The Labute approximate surface area is 107 Å². The second-order valence-electron chi connectivity index (χ2n) is 4.35. The molecule has 1 aromatic heterocycles. The molecule has 2 aromatic rings. The first-order valence-corrected chi connectivity index (χ1v) is 5.59. The summed E-state index contributed by atoms with van der Waals surface area (Å²) in [5.41, 5.74) is 0.185. The molecule has 0 atom stereocenters. The molecule has 1 aromatic carbocycles. The van der Waals surface area contributed by atoms with Crippen molar-refractivity contribution in [3.8, 4) is 5.75 Å². The average molecular weight is 271 g/mol. The number of alkyl halides is 3. The highest BCUT2D eigenvalue weighted by Crippen LogP contribution is 2.40. The summed E-state index contributed by atoms with van der Waals surface area (Å²) in [6, 6.07) is 2.39. The molecule has 0 bridgehead atoms. The Morgan fingerprint density at radius 1 is 1.26 bits per heavy atom. The Morgan fingerprint density at radius 3 is 2.42 bits per heavy atom. The monoisotopic (exact) mass is 271 g/mol. The van der Waals surface area contributed by atoms with Gasteiger partial charge >= 0.3 is 12.1 Å². The van der Waals surface area contributed by atoms with Crippen LogP contribution in [0.2, 0.25) is 0 Å². The van der Waals surface area contributed by atoms with Crippen molar-refractivity contribution in [1.29, 1.82) is 0 Å². The van der Waals surface area contributed by atoms with Crippen molar-refractivity contribution in [2.24, 2.45) is 0 Å².